The Morgan fingerprint density at radius 1 is 0.911 bits per heavy atom. The third-order valence-corrected chi connectivity index (χ3v) is 8.30. The molecule has 7 nitrogen and oxygen atoms in total. The number of rotatable bonds is 6. The van der Waals surface area contributed by atoms with E-state index in [-0.39, 0.29) is 0 Å². The molecule has 0 aliphatic carbocycles. The zero-order valence-corrected chi connectivity index (χ0v) is 25.7. The maximum Gasteiger partial charge on any atom is 0.337 e. The Labute approximate surface area is 261 Å². The number of hydrogen-bond donors (Lipinski definition) is 1. The van der Waals surface area contributed by atoms with Gasteiger partial charge in [-0.15, -0.1) is 0 Å². The van der Waals surface area contributed by atoms with Crippen molar-refractivity contribution in [2.45, 2.75) is 45.8 Å². The number of nitrogens with zero attached hydrogens (tertiary/aromatic N) is 3. The number of carboxylic acid groups (broad SMARTS) is 1. The van der Waals surface area contributed by atoms with Gasteiger partial charge in [0.25, 0.3) is 0 Å². The summed E-state index contributed by atoms with van der Waals surface area (Å²) in [5.74, 6) is -0.233. The van der Waals surface area contributed by atoms with Crippen LogP contribution in [0.4, 0.5) is 0 Å². The van der Waals surface area contributed by atoms with Crippen molar-refractivity contribution >= 4 is 27.6 Å². The SMILES string of the molecule is Cc1cc2cc(-c3ccc(-c4cncnc4)cc3)ccc2c(-c2ccc3c4c(ccnc24)CCO3)c1C(OC(C)(C)C)C(=O)O. The summed E-state index contributed by atoms with van der Waals surface area (Å²) in [6.45, 7) is 8.22. The number of aromatic nitrogens is 3. The van der Waals surface area contributed by atoms with E-state index in [2.05, 4.69) is 58.5 Å². The summed E-state index contributed by atoms with van der Waals surface area (Å²) in [5.41, 5.74) is 8.55. The van der Waals surface area contributed by atoms with Gasteiger partial charge in [-0.3, -0.25) is 4.98 Å². The second kappa shape index (κ2) is 11.1. The second-order valence-electron chi connectivity index (χ2n) is 12.5. The van der Waals surface area contributed by atoms with Crippen LogP contribution in [-0.4, -0.2) is 38.2 Å². The average Bonchev–Trinajstić information content (AvgIpc) is 3.03. The largest absolute Gasteiger partial charge is 0.493 e. The summed E-state index contributed by atoms with van der Waals surface area (Å²) in [6.07, 6.45) is 6.57. The minimum Gasteiger partial charge on any atom is -0.493 e. The fourth-order valence-electron chi connectivity index (χ4n) is 6.36. The zero-order chi connectivity index (χ0) is 31.3. The van der Waals surface area contributed by atoms with Crippen LogP contribution in [0.1, 0.15) is 43.6 Å². The predicted octanol–water partition coefficient (Wildman–Crippen LogP) is 8.36. The number of fused-ring (bicyclic) bond motifs is 1. The monoisotopic (exact) mass is 595 g/mol. The summed E-state index contributed by atoms with van der Waals surface area (Å²) in [4.78, 5) is 26.0. The zero-order valence-electron chi connectivity index (χ0n) is 25.7. The number of carbonyl (C=O) groups is 1. The fourth-order valence-corrected chi connectivity index (χ4v) is 6.36. The Balaban J connectivity index is 1.46. The predicted molar refractivity (Wildman–Crippen MR) is 176 cm³/mol. The first kappa shape index (κ1) is 28.6. The Hall–Kier alpha value is -5.14. The van der Waals surface area contributed by atoms with Crippen molar-refractivity contribution in [3.05, 3.63) is 108 Å². The highest BCUT2D eigenvalue weighted by Crippen LogP contribution is 2.45. The lowest BCUT2D eigenvalue weighted by atomic mass is 9.84. The topological polar surface area (TPSA) is 94.4 Å². The van der Waals surface area contributed by atoms with Gasteiger partial charge >= 0.3 is 5.97 Å². The van der Waals surface area contributed by atoms with E-state index in [4.69, 9.17) is 14.5 Å². The van der Waals surface area contributed by atoms with Crippen LogP contribution < -0.4 is 4.74 Å². The van der Waals surface area contributed by atoms with Crippen molar-refractivity contribution in [3.63, 3.8) is 0 Å². The maximum atomic E-state index is 12.9. The number of carboxylic acids is 1. The third-order valence-electron chi connectivity index (χ3n) is 8.30. The van der Waals surface area contributed by atoms with E-state index in [1.807, 2.05) is 52.1 Å². The normalized spacial score (nSPS) is 13.5. The van der Waals surface area contributed by atoms with Crippen molar-refractivity contribution in [2.24, 2.45) is 0 Å². The number of aryl methyl sites for hydroxylation is 1. The number of benzene rings is 4. The standard InChI is InChI=1S/C38H33N3O4/c1-22-17-27-18-26(23-5-7-24(8-6-23)28-19-39-21-40-20-28)9-10-29(27)34(32(22)36(37(42)43)45-38(2,3)4)30-11-12-31-33-25(14-16-44-31)13-15-41-35(30)33/h5-13,15,17-21,36H,14,16H2,1-4H3,(H,42,43). The van der Waals surface area contributed by atoms with Crippen LogP contribution in [0.2, 0.25) is 0 Å². The van der Waals surface area contributed by atoms with Crippen LogP contribution in [-0.2, 0) is 16.0 Å². The molecule has 1 unspecified atom stereocenters. The number of hydrogen-bond acceptors (Lipinski definition) is 6. The van der Waals surface area contributed by atoms with Gasteiger partial charge in [-0.2, -0.15) is 0 Å². The molecule has 0 amide bonds. The Morgan fingerprint density at radius 2 is 1.62 bits per heavy atom. The fraction of sp³-hybridized carbons (Fsp3) is 0.211. The van der Waals surface area contributed by atoms with E-state index in [0.717, 1.165) is 72.8 Å². The molecule has 0 saturated carbocycles. The van der Waals surface area contributed by atoms with E-state index in [1.165, 1.54) is 11.9 Å². The molecule has 1 N–H and O–H groups in total. The number of ether oxygens (including phenoxy) is 2. The molecule has 1 aliphatic heterocycles. The average molecular weight is 596 g/mol. The summed E-state index contributed by atoms with van der Waals surface area (Å²) in [5, 5.41) is 13.4. The Bertz CT molecular complexity index is 2070. The molecule has 0 fully saturated rings. The molecule has 7 rings (SSSR count). The molecule has 2 aromatic heterocycles. The lowest BCUT2D eigenvalue weighted by Crippen LogP contribution is -2.28. The lowest BCUT2D eigenvalue weighted by molar-refractivity contribution is -0.160. The van der Waals surface area contributed by atoms with Crippen molar-refractivity contribution in [1.29, 1.82) is 0 Å². The van der Waals surface area contributed by atoms with Crippen molar-refractivity contribution in [3.8, 4) is 39.1 Å². The summed E-state index contributed by atoms with van der Waals surface area (Å²) < 4.78 is 12.3. The van der Waals surface area contributed by atoms with Gasteiger partial charge in [0.05, 0.1) is 17.7 Å². The molecule has 1 atom stereocenters. The first-order valence-corrected chi connectivity index (χ1v) is 15.1. The Morgan fingerprint density at radius 3 is 2.33 bits per heavy atom. The molecule has 0 spiro atoms. The van der Waals surface area contributed by atoms with E-state index >= 15 is 0 Å². The molecule has 0 bridgehead atoms. The van der Waals surface area contributed by atoms with Crippen molar-refractivity contribution < 1.29 is 19.4 Å². The molecule has 7 heteroatoms. The molecule has 0 saturated heterocycles. The summed E-state index contributed by atoms with van der Waals surface area (Å²) in [6, 6.07) is 22.8. The summed E-state index contributed by atoms with van der Waals surface area (Å²) >= 11 is 0. The number of pyridine rings is 1. The highest BCUT2D eigenvalue weighted by atomic mass is 16.5. The van der Waals surface area contributed by atoms with Gasteiger partial charge in [-0.05, 0) is 96.1 Å². The first-order valence-electron chi connectivity index (χ1n) is 15.1. The number of aliphatic carboxylic acids is 1. The van der Waals surface area contributed by atoms with Gasteiger partial charge in [0.2, 0.25) is 0 Å². The molecular formula is C38H33N3O4. The molecule has 4 aromatic carbocycles. The van der Waals surface area contributed by atoms with E-state index in [0.29, 0.717) is 12.2 Å². The summed E-state index contributed by atoms with van der Waals surface area (Å²) in [7, 11) is 0. The minimum absolute atomic E-state index is 0.619. The molecule has 45 heavy (non-hydrogen) atoms. The third kappa shape index (κ3) is 5.29. The molecule has 1 aliphatic rings. The van der Waals surface area contributed by atoms with E-state index < -0.39 is 17.7 Å². The van der Waals surface area contributed by atoms with Gasteiger partial charge in [0.1, 0.15) is 12.1 Å². The first-order chi connectivity index (χ1) is 21.7. The van der Waals surface area contributed by atoms with Crippen LogP contribution in [0.3, 0.4) is 0 Å². The Kier molecular flexibility index (Phi) is 7.06. The molecule has 3 heterocycles. The quantitative estimate of drug-likeness (QED) is 0.207. The molecular weight excluding hydrogens is 562 g/mol. The van der Waals surface area contributed by atoms with Crippen LogP contribution in [0.15, 0.2) is 91.6 Å². The van der Waals surface area contributed by atoms with Crippen molar-refractivity contribution in [1.82, 2.24) is 15.0 Å². The maximum absolute atomic E-state index is 12.9. The highest BCUT2D eigenvalue weighted by Gasteiger charge is 2.32. The smallest absolute Gasteiger partial charge is 0.337 e. The highest BCUT2D eigenvalue weighted by molar-refractivity contribution is 6.09. The lowest BCUT2D eigenvalue weighted by Gasteiger charge is -2.29. The van der Waals surface area contributed by atoms with Crippen LogP contribution in [0, 0.1) is 6.92 Å². The van der Waals surface area contributed by atoms with E-state index in [1.54, 1.807) is 12.4 Å². The van der Waals surface area contributed by atoms with Crippen LogP contribution >= 0.6 is 0 Å². The van der Waals surface area contributed by atoms with E-state index in [9.17, 15) is 9.90 Å². The van der Waals surface area contributed by atoms with Crippen LogP contribution in [0.5, 0.6) is 5.75 Å². The second-order valence-corrected chi connectivity index (χ2v) is 12.5. The van der Waals surface area contributed by atoms with Crippen LogP contribution in [0.25, 0.3) is 55.1 Å². The molecule has 0 radical (unpaired) electrons. The minimum atomic E-state index is -1.18. The van der Waals surface area contributed by atoms with Gasteiger partial charge in [0.15, 0.2) is 6.10 Å². The van der Waals surface area contributed by atoms with Gasteiger partial charge in [0, 0.05) is 47.1 Å². The van der Waals surface area contributed by atoms with Gasteiger partial charge in [-0.1, -0.05) is 42.5 Å². The van der Waals surface area contributed by atoms with Gasteiger partial charge < -0.3 is 14.6 Å². The molecule has 224 valence electrons. The van der Waals surface area contributed by atoms with Crippen molar-refractivity contribution in [2.75, 3.05) is 6.61 Å². The van der Waals surface area contributed by atoms with Gasteiger partial charge in [-0.25, -0.2) is 14.8 Å². The molecule has 6 aromatic rings.